The summed E-state index contributed by atoms with van der Waals surface area (Å²) in [6.07, 6.45) is 0.977. The molecule has 0 fully saturated rings. The molecule has 0 aliphatic rings. The Morgan fingerprint density at radius 3 is 2.58 bits per heavy atom. The fourth-order valence-electron chi connectivity index (χ4n) is 1.90. The van der Waals surface area contributed by atoms with Crippen LogP contribution >= 0.6 is 0 Å². The summed E-state index contributed by atoms with van der Waals surface area (Å²) in [7, 11) is 1.71. The Balaban J connectivity index is 2.57. The normalized spacial score (nSPS) is 13.5. The molecule has 19 heavy (non-hydrogen) atoms. The summed E-state index contributed by atoms with van der Waals surface area (Å²) in [4.78, 5) is 0. The second kappa shape index (κ2) is 6.78. The van der Waals surface area contributed by atoms with Crippen molar-refractivity contribution in [1.29, 1.82) is 0 Å². The average molecular weight is 267 g/mol. The van der Waals surface area contributed by atoms with Gasteiger partial charge in [0.2, 0.25) is 0 Å². The van der Waals surface area contributed by atoms with Gasteiger partial charge in [0.25, 0.3) is 0 Å². The minimum Gasteiger partial charge on any atom is -0.508 e. The maximum Gasteiger partial charge on any atom is 0.124 e. The largest absolute Gasteiger partial charge is 0.508 e. The molecule has 0 radical (unpaired) electrons. The first-order valence-corrected chi connectivity index (χ1v) is 6.60. The van der Waals surface area contributed by atoms with Crippen molar-refractivity contribution in [3.05, 3.63) is 23.8 Å². The highest BCUT2D eigenvalue weighted by molar-refractivity contribution is 5.40. The molecule has 1 unspecified atom stereocenters. The summed E-state index contributed by atoms with van der Waals surface area (Å²) in [5, 5.41) is 22.5. The predicted octanol–water partition coefficient (Wildman–Crippen LogP) is 2.81. The molecule has 0 saturated carbocycles. The molecule has 4 nitrogen and oxygen atoms in total. The Kier molecular flexibility index (Phi) is 5.63. The SMILES string of the molecule is COCCC(C)(C)CNC(C)c1ccc(O)cc1O. The number of nitrogens with one attached hydrogen (secondary N) is 1. The minimum absolute atomic E-state index is 0.0300. The van der Waals surface area contributed by atoms with Gasteiger partial charge in [-0.15, -0.1) is 0 Å². The van der Waals surface area contributed by atoms with E-state index in [1.807, 2.05) is 6.92 Å². The molecule has 0 heterocycles. The van der Waals surface area contributed by atoms with Gasteiger partial charge in [0.1, 0.15) is 11.5 Å². The smallest absolute Gasteiger partial charge is 0.124 e. The van der Waals surface area contributed by atoms with Crippen molar-refractivity contribution < 1.29 is 14.9 Å². The molecule has 0 aliphatic carbocycles. The van der Waals surface area contributed by atoms with Crippen LogP contribution in [0.1, 0.15) is 38.8 Å². The van der Waals surface area contributed by atoms with Gasteiger partial charge in [-0.05, 0) is 24.8 Å². The number of aromatic hydroxyl groups is 2. The second-order valence-electron chi connectivity index (χ2n) is 5.75. The Bertz CT molecular complexity index is 404. The van der Waals surface area contributed by atoms with E-state index in [1.54, 1.807) is 19.2 Å². The molecule has 0 aliphatic heterocycles. The predicted molar refractivity (Wildman–Crippen MR) is 76.5 cm³/mol. The van der Waals surface area contributed by atoms with E-state index < -0.39 is 0 Å². The number of methoxy groups -OCH3 is 1. The van der Waals surface area contributed by atoms with Gasteiger partial charge >= 0.3 is 0 Å². The van der Waals surface area contributed by atoms with Crippen molar-refractivity contribution in [2.24, 2.45) is 5.41 Å². The van der Waals surface area contributed by atoms with Gasteiger partial charge in [-0.3, -0.25) is 0 Å². The molecule has 1 rings (SSSR count). The van der Waals surface area contributed by atoms with Gasteiger partial charge in [0.05, 0.1) is 0 Å². The first kappa shape index (κ1) is 15.8. The first-order valence-electron chi connectivity index (χ1n) is 6.60. The summed E-state index contributed by atoms with van der Waals surface area (Å²) < 4.78 is 5.11. The van der Waals surface area contributed by atoms with Gasteiger partial charge < -0.3 is 20.3 Å². The van der Waals surface area contributed by atoms with Crippen molar-refractivity contribution in [3.8, 4) is 11.5 Å². The number of phenols is 2. The van der Waals surface area contributed by atoms with Gasteiger partial charge in [0.15, 0.2) is 0 Å². The monoisotopic (exact) mass is 267 g/mol. The van der Waals surface area contributed by atoms with Gasteiger partial charge in [-0.25, -0.2) is 0 Å². The van der Waals surface area contributed by atoms with Gasteiger partial charge in [-0.1, -0.05) is 19.9 Å². The fraction of sp³-hybridized carbons (Fsp3) is 0.600. The lowest BCUT2D eigenvalue weighted by Gasteiger charge is -2.27. The van der Waals surface area contributed by atoms with Crippen LogP contribution in [0.25, 0.3) is 0 Å². The second-order valence-corrected chi connectivity index (χ2v) is 5.75. The van der Waals surface area contributed by atoms with Crippen LogP contribution in [0, 0.1) is 5.41 Å². The van der Waals surface area contributed by atoms with E-state index in [2.05, 4.69) is 19.2 Å². The molecule has 0 saturated heterocycles. The summed E-state index contributed by atoms with van der Waals surface area (Å²) >= 11 is 0. The third-order valence-corrected chi connectivity index (χ3v) is 3.35. The quantitative estimate of drug-likeness (QED) is 0.711. The lowest BCUT2D eigenvalue weighted by molar-refractivity contribution is 0.149. The summed E-state index contributed by atoms with van der Waals surface area (Å²) in [5.74, 6) is 0.198. The molecule has 1 atom stereocenters. The topological polar surface area (TPSA) is 61.7 Å². The number of rotatable bonds is 7. The summed E-state index contributed by atoms with van der Waals surface area (Å²) in [6.45, 7) is 7.94. The first-order chi connectivity index (χ1) is 8.85. The zero-order chi connectivity index (χ0) is 14.5. The summed E-state index contributed by atoms with van der Waals surface area (Å²) in [6, 6.07) is 4.72. The molecule has 4 heteroatoms. The van der Waals surface area contributed by atoms with Crippen LogP contribution in [0.4, 0.5) is 0 Å². The standard InChI is InChI=1S/C15H25NO3/c1-11(13-6-5-12(17)9-14(13)18)16-10-15(2,3)7-8-19-4/h5-6,9,11,16-18H,7-8,10H2,1-4H3. The third kappa shape index (κ3) is 5.09. The lowest BCUT2D eigenvalue weighted by Crippen LogP contribution is -2.32. The maximum absolute atomic E-state index is 9.81. The van der Waals surface area contributed by atoms with Crippen LogP contribution < -0.4 is 5.32 Å². The molecule has 1 aromatic rings. The summed E-state index contributed by atoms with van der Waals surface area (Å²) in [5.41, 5.74) is 0.928. The highest BCUT2D eigenvalue weighted by atomic mass is 16.5. The van der Waals surface area contributed by atoms with E-state index >= 15 is 0 Å². The lowest BCUT2D eigenvalue weighted by atomic mass is 9.89. The van der Waals surface area contributed by atoms with Crippen LogP contribution in [0.5, 0.6) is 11.5 Å². The average Bonchev–Trinajstić information content (AvgIpc) is 2.34. The van der Waals surface area contributed by atoms with Gasteiger partial charge in [0, 0.05) is 37.9 Å². The van der Waals surface area contributed by atoms with Crippen LogP contribution in [-0.2, 0) is 4.74 Å². The van der Waals surface area contributed by atoms with Crippen molar-refractivity contribution in [3.63, 3.8) is 0 Å². The molecule has 0 bridgehead atoms. The zero-order valence-corrected chi connectivity index (χ0v) is 12.2. The number of hydrogen-bond acceptors (Lipinski definition) is 4. The Labute approximate surface area is 115 Å². The number of hydrogen-bond donors (Lipinski definition) is 3. The number of phenolic OH excluding ortho intramolecular Hbond substituents is 2. The van der Waals surface area contributed by atoms with Crippen molar-refractivity contribution in [2.45, 2.75) is 33.2 Å². The van der Waals surface area contributed by atoms with E-state index in [-0.39, 0.29) is 23.0 Å². The van der Waals surface area contributed by atoms with Crippen LogP contribution in [0.2, 0.25) is 0 Å². The van der Waals surface area contributed by atoms with Crippen molar-refractivity contribution in [2.75, 3.05) is 20.3 Å². The molecule has 1 aromatic carbocycles. The van der Waals surface area contributed by atoms with E-state index in [1.165, 1.54) is 6.07 Å². The molecule has 0 spiro atoms. The molecule has 0 amide bonds. The van der Waals surface area contributed by atoms with E-state index in [9.17, 15) is 10.2 Å². The number of ether oxygens (including phenoxy) is 1. The van der Waals surface area contributed by atoms with Crippen LogP contribution in [-0.4, -0.2) is 30.5 Å². The Morgan fingerprint density at radius 2 is 2.00 bits per heavy atom. The fourth-order valence-corrected chi connectivity index (χ4v) is 1.90. The molecular formula is C15H25NO3. The highest BCUT2D eigenvalue weighted by Crippen LogP contribution is 2.28. The van der Waals surface area contributed by atoms with Crippen LogP contribution in [0.15, 0.2) is 18.2 Å². The highest BCUT2D eigenvalue weighted by Gasteiger charge is 2.19. The molecule has 0 aromatic heterocycles. The van der Waals surface area contributed by atoms with Crippen molar-refractivity contribution >= 4 is 0 Å². The van der Waals surface area contributed by atoms with Gasteiger partial charge in [-0.2, -0.15) is 0 Å². The maximum atomic E-state index is 9.81. The number of benzene rings is 1. The molecule has 108 valence electrons. The van der Waals surface area contributed by atoms with E-state index in [4.69, 9.17) is 4.74 Å². The minimum atomic E-state index is 0.0300. The van der Waals surface area contributed by atoms with E-state index in [0.717, 1.165) is 25.1 Å². The zero-order valence-electron chi connectivity index (χ0n) is 12.2. The molecule has 3 N–H and O–H groups in total. The van der Waals surface area contributed by atoms with E-state index in [0.29, 0.717) is 0 Å². The Hall–Kier alpha value is -1.26. The third-order valence-electron chi connectivity index (χ3n) is 3.35. The molecular weight excluding hydrogens is 242 g/mol. The van der Waals surface area contributed by atoms with Crippen LogP contribution in [0.3, 0.4) is 0 Å². The van der Waals surface area contributed by atoms with Crippen molar-refractivity contribution in [1.82, 2.24) is 5.32 Å². The Morgan fingerprint density at radius 1 is 1.32 bits per heavy atom.